The maximum atomic E-state index is 11.9. The monoisotopic (exact) mass is 610 g/mol. The van der Waals surface area contributed by atoms with Crippen LogP contribution in [-0.4, -0.2) is 62.7 Å². The lowest BCUT2D eigenvalue weighted by Gasteiger charge is -2.33. The van der Waals surface area contributed by atoms with Crippen LogP contribution in [0.1, 0.15) is 75.7 Å². The van der Waals surface area contributed by atoms with E-state index in [9.17, 15) is 18.7 Å². The Morgan fingerprint density at radius 2 is 2.05 bits per heavy atom. The number of alkyl halides is 2. The lowest BCUT2D eigenvalue weighted by Crippen LogP contribution is -2.41. The van der Waals surface area contributed by atoms with Gasteiger partial charge in [0.2, 0.25) is 6.41 Å². The predicted octanol–water partition coefficient (Wildman–Crippen LogP) is 7.15. The summed E-state index contributed by atoms with van der Waals surface area (Å²) in [6.07, 6.45) is 2.70. The first-order chi connectivity index (χ1) is 19.7. The van der Waals surface area contributed by atoms with E-state index in [1.165, 1.54) is 22.7 Å². The van der Waals surface area contributed by atoms with Crippen LogP contribution in [0.2, 0.25) is 0 Å². The molecule has 3 aromatic heterocycles. The van der Waals surface area contributed by atoms with Crippen molar-refractivity contribution in [2.45, 2.75) is 85.8 Å². The van der Waals surface area contributed by atoms with Gasteiger partial charge in [-0.15, -0.1) is 22.7 Å². The summed E-state index contributed by atoms with van der Waals surface area (Å²) >= 11 is 3.01. The molecule has 1 amide bonds. The molecule has 1 fully saturated rings. The Labute approximate surface area is 248 Å². The molecule has 13 heteroatoms. The van der Waals surface area contributed by atoms with Crippen LogP contribution in [0, 0.1) is 13.8 Å². The van der Waals surface area contributed by atoms with Crippen molar-refractivity contribution in [3.05, 3.63) is 40.0 Å². The smallest absolute Gasteiger partial charge is 0.274 e. The van der Waals surface area contributed by atoms with Gasteiger partial charge < -0.3 is 20.2 Å². The van der Waals surface area contributed by atoms with Crippen LogP contribution in [0.25, 0.3) is 10.6 Å². The van der Waals surface area contributed by atoms with Crippen molar-refractivity contribution in [1.29, 1.82) is 0 Å². The minimum Gasteiger partial charge on any atom is -0.390 e. The summed E-state index contributed by atoms with van der Waals surface area (Å²) in [5, 5.41) is 20.1. The molecule has 2 N–H and O–H groups in total. The van der Waals surface area contributed by atoms with Gasteiger partial charge in [0.15, 0.2) is 11.7 Å². The number of nitrogens with one attached hydrogen (secondary N) is 1. The van der Waals surface area contributed by atoms with Crippen molar-refractivity contribution in [1.82, 2.24) is 19.9 Å². The van der Waals surface area contributed by atoms with Crippen molar-refractivity contribution in [2.75, 3.05) is 18.5 Å². The van der Waals surface area contributed by atoms with Crippen LogP contribution < -0.4 is 5.32 Å². The average molecular weight is 611 g/mol. The molecular formula is C28H40F2N6O3S2. The molecule has 0 aliphatic carbocycles. The number of likely N-dealkylation sites (tertiary alicyclic amines) is 1. The molecule has 2 atom stereocenters. The second-order valence-corrected chi connectivity index (χ2v) is 11.0. The van der Waals surface area contributed by atoms with Gasteiger partial charge in [-0.05, 0) is 38.8 Å². The second-order valence-electron chi connectivity index (χ2n) is 9.11. The van der Waals surface area contributed by atoms with Crippen molar-refractivity contribution in [3.8, 4) is 10.6 Å². The summed E-state index contributed by atoms with van der Waals surface area (Å²) in [6, 6.07) is 4.06. The number of pyridine rings is 1. The lowest BCUT2D eigenvalue weighted by atomic mass is 9.97. The van der Waals surface area contributed by atoms with E-state index < -0.39 is 19.1 Å². The minimum absolute atomic E-state index is 0.125. The molecule has 0 bridgehead atoms. The van der Waals surface area contributed by atoms with Gasteiger partial charge in [0, 0.05) is 37.0 Å². The first-order valence-electron chi connectivity index (χ1n) is 13.7. The highest BCUT2D eigenvalue weighted by Gasteiger charge is 2.24. The Morgan fingerprint density at radius 3 is 2.63 bits per heavy atom. The number of aliphatic hydroxyl groups is 1. The molecule has 2 unspecified atom stereocenters. The fourth-order valence-electron chi connectivity index (χ4n) is 3.86. The summed E-state index contributed by atoms with van der Waals surface area (Å²) in [5.74, 6) is 0.775. The van der Waals surface area contributed by atoms with Gasteiger partial charge in [-0.3, -0.25) is 4.79 Å². The Balaban J connectivity index is 0.000000280. The normalized spacial score (nSPS) is 16.4. The summed E-state index contributed by atoms with van der Waals surface area (Å²) in [6.45, 7) is 11.6. The van der Waals surface area contributed by atoms with Gasteiger partial charge in [-0.1, -0.05) is 38.4 Å². The van der Waals surface area contributed by atoms with Crippen LogP contribution in [-0.2, 0) is 9.63 Å². The van der Waals surface area contributed by atoms with Crippen molar-refractivity contribution < 1.29 is 23.5 Å². The number of aryl methyl sites for hydroxylation is 2. The number of aliphatic hydroxyl groups excluding tert-OH is 1. The van der Waals surface area contributed by atoms with Crippen molar-refractivity contribution in [2.24, 2.45) is 5.16 Å². The molecule has 1 aliphatic heterocycles. The SMILES string of the molecule is CC.CCCC1C/C(=N/OCC(F)F)CCN1C=O.Cc1ccc(Nc2nc(-c3sc(C(C)O)nc3C)cs2)nc1. The number of halogens is 2. The molecule has 0 saturated carbocycles. The van der Waals surface area contributed by atoms with Gasteiger partial charge in [0.1, 0.15) is 16.9 Å². The maximum Gasteiger partial charge on any atom is 0.274 e. The van der Waals surface area contributed by atoms with Crippen LogP contribution in [0.5, 0.6) is 0 Å². The van der Waals surface area contributed by atoms with E-state index in [2.05, 4.69) is 30.3 Å². The van der Waals surface area contributed by atoms with E-state index in [0.29, 0.717) is 19.4 Å². The zero-order chi connectivity index (χ0) is 30.4. The fraction of sp³-hybridized carbons (Fsp3) is 0.536. The Morgan fingerprint density at radius 1 is 1.29 bits per heavy atom. The van der Waals surface area contributed by atoms with Gasteiger partial charge in [0.25, 0.3) is 6.43 Å². The van der Waals surface area contributed by atoms with Gasteiger partial charge in [0.05, 0.1) is 22.0 Å². The highest BCUT2D eigenvalue weighted by Crippen LogP contribution is 2.34. The van der Waals surface area contributed by atoms with Gasteiger partial charge in [-0.2, -0.15) is 0 Å². The highest BCUT2D eigenvalue weighted by molar-refractivity contribution is 7.17. The van der Waals surface area contributed by atoms with Gasteiger partial charge in [-0.25, -0.2) is 23.7 Å². The number of rotatable bonds is 10. The molecule has 1 aliphatic rings. The lowest BCUT2D eigenvalue weighted by molar-refractivity contribution is -0.120. The van der Waals surface area contributed by atoms with Crippen molar-refractivity contribution in [3.63, 3.8) is 0 Å². The third-order valence-electron chi connectivity index (χ3n) is 5.80. The zero-order valence-corrected chi connectivity index (χ0v) is 26.1. The number of nitrogens with zero attached hydrogens (tertiary/aromatic N) is 5. The molecule has 4 rings (SSSR count). The second kappa shape index (κ2) is 17.7. The van der Waals surface area contributed by atoms with E-state index in [0.717, 1.165) is 62.7 Å². The Kier molecular flexibility index (Phi) is 14.8. The average Bonchev–Trinajstić information content (AvgIpc) is 3.58. The number of thiazole rings is 2. The van der Waals surface area contributed by atoms with Gasteiger partial charge >= 0.3 is 0 Å². The molecule has 0 aromatic carbocycles. The first kappa shape index (κ1) is 34.2. The molecule has 0 radical (unpaired) electrons. The molecule has 4 heterocycles. The number of hydrogen-bond acceptors (Lipinski definition) is 10. The molecule has 9 nitrogen and oxygen atoms in total. The summed E-state index contributed by atoms with van der Waals surface area (Å²) in [7, 11) is 0. The number of carbonyl (C=O) groups excluding carboxylic acids is 1. The Bertz CT molecular complexity index is 1220. The van der Waals surface area contributed by atoms with E-state index in [-0.39, 0.29) is 6.04 Å². The number of hydrogen-bond donors (Lipinski definition) is 2. The van der Waals surface area contributed by atoms with Crippen molar-refractivity contribution >= 4 is 45.7 Å². The van der Waals surface area contributed by atoms with Crippen LogP contribution in [0.3, 0.4) is 0 Å². The highest BCUT2D eigenvalue weighted by atomic mass is 32.1. The van der Waals surface area contributed by atoms with E-state index in [4.69, 9.17) is 0 Å². The molecule has 3 aromatic rings. The quantitative estimate of drug-likeness (QED) is 0.185. The number of piperidine rings is 1. The van der Waals surface area contributed by atoms with E-state index in [1.54, 1.807) is 11.8 Å². The van der Waals surface area contributed by atoms with Crippen LogP contribution in [0.4, 0.5) is 19.7 Å². The number of aromatic nitrogens is 3. The molecule has 226 valence electrons. The third-order valence-corrected chi connectivity index (χ3v) is 7.91. The fourth-order valence-corrected chi connectivity index (χ4v) is 5.61. The number of oxime groups is 1. The zero-order valence-electron chi connectivity index (χ0n) is 24.4. The number of carbonyl (C=O) groups is 1. The first-order valence-corrected chi connectivity index (χ1v) is 15.4. The Hall–Kier alpha value is -3.03. The van der Waals surface area contributed by atoms with E-state index >= 15 is 0 Å². The number of amides is 1. The summed E-state index contributed by atoms with van der Waals surface area (Å²) < 4.78 is 23.7. The largest absolute Gasteiger partial charge is 0.390 e. The van der Waals surface area contributed by atoms with Crippen LogP contribution >= 0.6 is 22.7 Å². The summed E-state index contributed by atoms with van der Waals surface area (Å²) in [4.78, 5) is 31.4. The number of anilines is 2. The topological polar surface area (TPSA) is 113 Å². The standard InChI is InChI=1S/C15H16N4OS2.C11H18F2N2O2.C2H6/c1-8-4-5-12(16-6-8)19-15-18-11(7-21-15)13-9(2)17-14(22-13)10(3)20;1-2-3-10-6-9(4-5-15(10)8-16)14-17-7-11(12)13;1-2/h4-7,10,20H,1-3H3,(H,16,18,19);8,10-11H,2-7H2,1H3;1-2H3/b;14-9+;. The van der Waals surface area contributed by atoms with Crippen LogP contribution in [0.15, 0.2) is 28.9 Å². The predicted molar refractivity (Wildman–Crippen MR) is 162 cm³/mol. The maximum absolute atomic E-state index is 11.9. The molecule has 0 spiro atoms. The summed E-state index contributed by atoms with van der Waals surface area (Å²) in [5.41, 5.74) is 3.66. The minimum atomic E-state index is -2.50. The molecule has 41 heavy (non-hydrogen) atoms. The van der Waals surface area contributed by atoms with E-state index in [1.807, 2.05) is 58.3 Å². The molecule has 1 saturated heterocycles. The third kappa shape index (κ3) is 11.0. The molecular weight excluding hydrogens is 570 g/mol.